The average Bonchev–Trinajstić information content (AvgIpc) is 2.94. The van der Waals surface area contributed by atoms with E-state index in [1.807, 2.05) is 0 Å². The summed E-state index contributed by atoms with van der Waals surface area (Å²) in [7, 11) is 1.26. The first-order valence-corrected chi connectivity index (χ1v) is 12.5. The molecule has 1 aromatic heterocycles. The molecule has 3 rings (SSSR count). The Balaban J connectivity index is 1.89. The largest absolute Gasteiger partial charge is 0.503 e. The zero-order valence-electron chi connectivity index (χ0n) is 22.6. The first-order valence-electron chi connectivity index (χ1n) is 12.5. The van der Waals surface area contributed by atoms with Crippen molar-refractivity contribution in [2.45, 2.75) is 51.6 Å². The zero-order chi connectivity index (χ0) is 30.5. The Kier molecular flexibility index (Phi) is 9.79. The molecule has 11 nitrogen and oxygen atoms in total. The summed E-state index contributed by atoms with van der Waals surface area (Å²) in [4.78, 5) is 55.3. The lowest BCUT2D eigenvalue weighted by molar-refractivity contribution is -0.176. The van der Waals surface area contributed by atoms with Crippen LogP contribution in [0.4, 0.5) is 13.2 Å². The molecule has 41 heavy (non-hydrogen) atoms. The van der Waals surface area contributed by atoms with Crippen molar-refractivity contribution in [1.29, 1.82) is 0 Å². The van der Waals surface area contributed by atoms with Gasteiger partial charge in [0.1, 0.15) is 18.6 Å². The predicted molar refractivity (Wildman–Crippen MR) is 134 cm³/mol. The number of hydrogen-bond donors (Lipinski definition) is 2. The molecule has 2 heterocycles. The lowest BCUT2D eigenvalue weighted by Crippen LogP contribution is -2.47. The van der Waals surface area contributed by atoms with Crippen molar-refractivity contribution < 1.29 is 56.4 Å². The Hall–Kier alpha value is -4.36. The predicted octanol–water partition coefficient (Wildman–Crippen LogP) is 2.83. The van der Waals surface area contributed by atoms with Gasteiger partial charge in [0, 0.05) is 12.3 Å². The van der Waals surface area contributed by atoms with Crippen molar-refractivity contribution in [1.82, 2.24) is 10.3 Å². The molecule has 1 aromatic carbocycles. The van der Waals surface area contributed by atoms with Crippen LogP contribution in [-0.2, 0) is 41.2 Å². The molecule has 1 saturated heterocycles. The van der Waals surface area contributed by atoms with E-state index in [0.29, 0.717) is 5.56 Å². The second-order valence-electron chi connectivity index (χ2n) is 9.57. The van der Waals surface area contributed by atoms with Crippen molar-refractivity contribution >= 4 is 23.8 Å². The summed E-state index contributed by atoms with van der Waals surface area (Å²) in [6, 6.07) is 3.81. The van der Waals surface area contributed by atoms with Gasteiger partial charge in [0.25, 0.3) is 5.91 Å². The molecule has 0 unspecified atom stereocenters. The van der Waals surface area contributed by atoms with Crippen LogP contribution < -0.4 is 10.1 Å². The summed E-state index contributed by atoms with van der Waals surface area (Å²) in [5, 5.41) is 12.5. The van der Waals surface area contributed by atoms with Gasteiger partial charge < -0.3 is 29.4 Å². The highest BCUT2D eigenvalue weighted by Crippen LogP contribution is 2.31. The van der Waals surface area contributed by atoms with Crippen molar-refractivity contribution in [3.8, 4) is 11.5 Å². The fourth-order valence-corrected chi connectivity index (χ4v) is 3.96. The van der Waals surface area contributed by atoms with Gasteiger partial charge in [0.15, 0.2) is 29.3 Å². The van der Waals surface area contributed by atoms with Crippen LogP contribution in [0.25, 0.3) is 0 Å². The monoisotopic (exact) mass is 582 g/mol. The summed E-state index contributed by atoms with van der Waals surface area (Å²) >= 11 is 0. The molecule has 2 N–H and O–H groups in total. The summed E-state index contributed by atoms with van der Waals surface area (Å²) in [6.45, 7) is 3.76. The van der Waals surface area contributed by atoms with Crippen LogP contribution in [0.3, 0.4) is 0 Å². The number of carbonyl (C=O) groups excluding carboxylic acids is 4. The SMILES string of the molecule is COc1ccnc(C(=O)N[C@H]2COC(=O)[C@H](Cc3ccc(C(F)(F)F)cc3)[C@@H](OC(=O)C(C)C)[C@H](C)OC2=O)c1O. The molecule has 2 aromatic rings. The maximum absolute atomic E-state index is 13.3. The van der Waals surface area contributed by atoms with Gasteiger partial charge in [0.2, 0.25) is 0 Å². The number of halogens is 3. The summed E-state index contributed by atoms with van der Waals surface area (Å²) in [5.74, 6) is -6.25. The molecule has 1 fully saturated rings. The Morgan fingerprint density at radius 3 is 2.39 bits per heavy atom. The van der Waals surface area contributed by atoms with Gasteiger partial charge >= 0.3 is 24.1 Å². The molecule has 1 amide bonds. The van der Waals surface area contributed by atoms with Crippen LogP contribution in [0.1, 0.15) is 42.4 Å². The van der Waals surface area contributed by atoms with E-state index in [9.17, 15) is 37.5 Å². The third-order valence-electron chi connectivity index (χ3n) is 6.23. The smallest absolute Gasteiger partial charge is 0.416 e. The number of methoxy groups -OCH3 is 1. The number of pyridine rings is 1. The van der Waals surface area contributed by atoms with Gasteiger partial charge in [-0.3, -0.25) is 14.4 Å². The van der Waals surface area contributed by atoms with Gasteiger partial charge in [-0.2, -0.15) is 13.2 Å². The molecular weight excluding hydrogens is 553 g/mol. The van der Waals surface area contributed by atoms with Crippen molar-refractivity contribution in [3.05, 3.63) is 53.3 Å². The Labute approximate surface area is 232 Å². The van der Waals surface area contributed by atoms with Crippen LogP contribution in [0.5, 0.6) is 11.5 Å². The molecule has 222 valence electrons. The lowest BCUT2D eigenvalue weighted by Gasteiger charge is -2.29. The fraction of sp³-hybridized carbons (Fsp3) is 0.444. The van der Waals surface area contributed by atoms with Gasteiger partial charge in [-0.25, -0.2) is 9.78 Å². The highest BCUT2D eigenvalue weighted by molar-refractivity contribution is 5.98. The standard InChI is InChI=1S/C27H29F3N2O9/c1-13(2)24(35)41-22-14(3)40-26(37)18(32-23(34)20-21(33)19(38-4)9-10-31-20)12-39-25(36)17(22)11-15-5-7-16(8-6-15)27(28,29)30/h5-10,13-14,17-18,22,33H,11-12H2,1-4H3,(H,32,34)/t14-,17+,18-,22-/m0/s1. The maximum atomic E-state index is 13.3. The lowest BCUT2D eigenvalue weighted by atomic mass is 9.90. The van der Waals surface area contributed by atoms with Gasteiger partial charge in [-0.05, 0) is 31.0 Å². The molecule has 1 aliphatic heterocycles. The van der Waals surface area contributed by atoms with E-state index in [4.69, 9.17) is 18.9 Å². The molecule has 0 spiro atoms. The number of amides is 1. The highest BCUT2D eigenvalue weighted by Gasteiger charge is 2.42. The zero-order valence-corrected chi connectivity index (χ0v) is 22.6. The first kappa shape index (κ1) is 31.2. The third-order valence-corrected chi connectivity index (χ3v) is 6.23. The van der Waals surface area contributed by atoms with Crippen LogP contribution in [0.2, 0.25) is 0 Å². The number of ether oxygens (including phenoxy) is 4. The molecule has 0 radical (unpaired) electrons. The molecule has 0 aliphatic carbocycles. The number of hydrogen-bond acceptors (Lipinski definition) is 10. The third kappa shape index (κ3) is 7.64. The summed E-state index contributed by atoms with van der Waals surface area (Å²) in [6.07, 6.45) is -6.20. The maximum Gasteiger partial charge on any atom is 0.416 e. The van der Waals surface area contributed by atoms with Crippen LogP contribution >= 0.6 is 0 Å². The van der Waals surface area contributed by atoms with Crippen LogP contribution in [0, 0.1) is 11.8 Å². The normalized spacial score (nSPS) is 21.6. The van der Waals surface area contributed by atoms with Crippen molar-refractivity contribution in [2.24, 2.45) is 11.8 Å². The van der Waals surface area contributed by atoms with E-state index in [1.54, 1.807) is 13.8 Å². The van der Waals surface area contributed by atoms with E-state index < -0.39 is 83.7 Å². The molecule has 4 atom stereocenters. The summed E-state index contributed by atoms with van der Waals surface area (Å²) < 4.78 is 60.3. The molecule has 0 saturated carbocycles. The Morgan fingerprint density at radius 2 is 1.80 bits per heavy atom. The minimum Gasteiger partial charge on any atom is -0.503 e. The molecule has 1 aliphatic rings. The topological polar surface area (TPSA) is 150 Å². The second-order valence-corrected chi connectivity index (χ2v) is 9.57. The van der Waals surface area contributed by atoms with E-state index in [-0.39, 0.29) is 12.2 Å². The first-order chi connectivity index (χ1) is 19.2. The van der Waals surface area contributed by atoms with Gasteiger partial charge in [-0.15, -0.1) is 0 Å². The van der Waals surface area contributed by atoms with Gasteiger partial charge in [-0.1, -0.05) is 26.0 Å². The quantitative estimate of drug-likeness (QED) is 0.369. The molecule has 14 heteroatoms. The van der Waals surface area contributed by atoms with E-state index in [1.165, 1.54) is 38.4 Å². The molecular formula is C27H29F3N2O9. The fourth-order valence-electron chi connectivity index (χ4n) is 3.96. The number of carbonyl (C=O) groups is 4. The number of rotatable bonds is 7. The van der Waals surface area contributed by atoms with E-state index >= 15 is 0 Å². The summed E-state index contributed by atoms with van der Waals surface area (Å²) in [5.41, 5.74) is -1.06. The van der Waals surface area contributed by atoms with Crippen molar-refractivity contribution in [2.75, 3.05) is 13.7 Å². The number of alkyl halides is 3. The van der Waals surface area contributed by atoms with Crippen molar-refractivity contribution in [3.63, 3.8) is 0 Å². The number of aromatic hydroxyl groups is 1. The number of esters is 3. The number of benzene rings is 1. The van der Waals surface area contributed by atoms with E-state index in [0.717, 1.165) is 12.1 Å². The number of nitrogens with zero attached hydrogens (tertiary/aromatic N) is 1. The van der Waals surface area contributed by atoms with Crippen LogP contribution in [-0.4, -0.2) is 65.9 Å². The second kappa shape index (κ2) is 12.9. The highest BCUT2D eigenvalue weighted by atomic mass is 19.4. The minimum atomic E-state index is -4.57. The van der Waals surface area contributed by atoms with E-state index in [2.05, 4.69) is 10.3 Å². The Bertz CT molecular complexity index is 1280. The number of cyclic esters (lactones) is 2. The van der Waals surface area contributed by atoms with Gasteiger partial charge in [0.05, 0.1) is 18.6 Å². The Morgan fingerprint density at radius 1 is 1.15 bits per heavy atom. The number of aromatic nitrogens is 1. The average molecular weight is 583 g/mol. The molecule has 0 bridgehead atoms. The number of nitrogens with one attached hydrogen (secondary N) is 1. The van der Waals surface area contributed by atoms with Crippen LogP contribution in [0.15, 0.2) is 36.5 Å². The minimum absolute atomic E-state index is 0.0526.